The van der Waals surface area contributed by atoms with Crippen LogP contribution in [0.15, 0.2) is 35.5 Å². The molecule has 1 aliphatic rings. The quantitative estimate of drug-likeness (QED) is 0.481. The number of carbonyl (C=O) groups is 3. The molecule has 7 heteroatoms. The first-order valence-electron chi connectivity index (χ1n) is 10.3. The maximum absolute atomic E-state index is 12.6. The van der Waals surface area contributed by atoms with E-state index in [2.05, 4.69) is 17.6 Å². The van der Waals surface area contributed by atoms with Crippen molar-refractivity contribution in [1.29, 1.82) is 0 Å². The molecule has 1 aromatic rings. The number of esters is 1. The lowest BCUT2D eigenvalue weighted by molar-refractivity contribution is -0.139. The van der Waals surface area contributed by atoms with E-state index in [0.29, 0.717) is 29.9 Å². The van der Waals surface area contributed by atoms with Crippen molar-refractivity contribution in [1.82, 2.24) is 10.2 Å². The standard InChI is InChI=1S/C22H31N3O4/c1-5-8-9-10-18(26)23-17-13-11-16(12-14-17)20-19(21(27)29-7-3)15(4)25(6-2)22(28)24-20/h11-14,20H,5-10H2,1-4H3,(H,23,26)(H,24,28). The van der Waals surface area contributed by atoms with Crippen LogP contribution in [0.4, 0.5) is 10.5 Å². The van der Waals surface area contributed by atoms with Gasteiger partial charge in [-0.2, -0.15) is 0 Å². The SMILES string of the molecule is CCCCCC(=O)Nc1ccc(C2NC(=O)N(CC)C(C)=C2C(=O)OCC)cc1. The zero-order valence-electron chi connectivity index (χ0n) is 17.7. The van der Waals surface area contributed by atoms with Crippen LogP contribution in [0.2, 0.25) is 0 Å². The Balaban J connectivity index is 2.22. The van der Waals surface area contributed by atoms with E-state index in [1.54, 1.807) is 38.1 Å². The Hall–Kier alpha value is -2.83. The minimum atomic E-state index is -0.598. The normalized spacial score (nSPS) is 16.5. The fourth-order valence-electron chi connectivity index (χ4n) is 3.40. The van der Waals surface area contributed by atoms with Gasteiger partial charge in [0.05, 0.1) is 18.2 Å². The van der Waals surface area contributed by atoms with Crippen molar-refractivity contribution in [3.05, 3.63) is 41.1 Å². The van der Waals surface area contributed by atoms with Crippen LogP contribution in [0.25, 0.3) is 0 Å². The third-order valence-corrected chi connectivity index (χ3v) is 4.94. The zero-order valence-corrected chi connectivity index (χ0v) is 17.7. The van der Waals surface area contributed by atoms with E-state index in [9.17, 15) is 14.4 Å². The number of urea groups is 1. The average Bonchev–Trinajstić information content (AvgIpc) is 2.68. The molecule has 0 radical (unpaired) electrons. The molecule has 0 saturated heterocycles. The van der Waals surface area contributed by atoms with E-state index in [1.165, 1.54) is 4.90 Å². The number of benzene rings is 1. The molecule has 2 N–H and O–H groups in total. The van der Waals surface area contributed by atoms with Gasteiger partial charge in [-0.15, -0.1) is 0 Å². The third-order valence-electron chi connectivity index (χ3n) is 4.94. The summed E-state index contributed by atoms with van der Waals surface area (Å²) in [4.78, 5) is 38.6. The molecule has 0 fully saturated rings. The van der Waals surface area contributed by atoms with Crippen molar-refractivity contribution >= 4 is 23.6 Å². The highest BCUT2D eigenvalue weighted by Gasteiger charge is 2.35. The van der Waals surface area contributed by atoms with Crippen LogP contribution < -0.4 is 10.6 Å². The number of nitrogens with one attached hydrogen (secondary N) is 2. The number of allylic oxidation sites excluding steroid dienone is 1. The van der Waals surface area contributed by atoms with Gasteiger partial charge in [-0.25, -0.2) is 9.59 Å². The largest absolute Gasteiger partial charge is 0.463 e. The van der Waals surface area contributed by atoms with Crippen molar-refractivity contribution in [3.8, 4) is 0 Å². The topological polar surface area (TPSA) is 87.7 Å². The summed E-state index contributed by atoms with van der Waals surface area (Å²) >= 11 is 0. The fraction of sp³-hybridized carbons (Fsp3) is 0.500. The fourth-order valence-corrected chi connectivity index (χ4v) is 3.40. The number of nitrogens with zero attached hydrogens (tertiary/aromatic N) is 1. The predicted molar refractivity (Wildman–Crippen MR) is 112 cm³/mol. The first kappa shape index (κ1) is 22.5. The summed E-state index contributed by atoms with van der Waals surface area (Å²) in [5.74, 6) is -0.458. The smallest absolute Gasteiger partial charge is 0.338 e. The highest BCUT2D eigenvalue weighted by atomic mass is 16.5. The summed E-state index contributed by atoms with van der Waals surface area (Å²) < 4.78 is 5.22. The van der Waals surface area contributed by atoms with Crippen LogP contribution in [0, 0.1) is 0 Å². The van der Waals surface area contributed by atoms with Gasteiger partial charge < -0.3 is 15.4 Å². The molecule has 1 aromatic carbocycles. The molecule has 1 unspecified atom stereocenters. The van der Waals surface area contributed by atoms with Crippen molar-refractivity contribution in [2.45, 2.75) is 59.4 Å². The first-order chi connectivity index (χ1) is 13.9. The maximum Gasteiger partial charge on any atom is 0.338 e. The van der Waals surface area contributed by atoms with E-state index in [0.717, 1.165) is 24.8 Å². The molecule has 1 aliphatic heterocycles. The van der Waals surface area contributed by atoms with Crippen LogP contribution in [0.1, 0.15) is 65.0 Å². The van der Waals surface area contributed by atoms with Crippen LogP contribution in [0.3, 0.4) is 0 Å². The van der Waals surface area contributed by atoms with Crippen LogP contribution in [-0.4, -0.2) is 36.0 Å². The number of hydrogen-bond acceptors (Lipinski definition) is 4. The van der Waals surface area contributed by atoms with Gasteiger partial charge >= 0.3 is 12.0 Å². The Morgan fingerprint density at radius 1 is 1.14 bits per heavy atom. The van der Waals surface area contributed by atoms with Crippen molar-refractivity contribution in [3.63, 3.8) is 0 Å². The molecule has 3 amide bonds. The van der Waals surface area contributed by atoms with Gasteiger partial charge in [-0.3, -0.25) is 9.69 Å². The van der Waals surface area contributed by atoms with Gasteiger partial charge in [0.2, 0.25) is 5.91 Å². The number of carbonyl (C=O) groups excluding carboxylic acids is 3. The van der Waals surface area contributed by atoms with Gasteiger partial charge in [0.15, 0.2) is 0 Å². The van der Waals surface area contributed by atoms with Crippen molar-refractivity contribution < 1.29 is 19.1 Å². The van der Waals surface area contributed by atoms with Crippen molar-refractivity contribution in [2.24, 2.45) is 0 Å². The average molecular weight is 402 g/mol. The van der Waals surface area contributed by atoms with Gasteiger partial charge in [-0.05, 0) is 44.9 Å². The maximum atomic E-state index is 12.6. The molecule has 0 spiro atoms. The van der Waals surface area contributed by atoms with Gasteiger partial charge in [-0.1, -0.05) is 31.9 Å². The number of hydrogen-bond donors (Lipinski definition) is 2. The van der Waals surface area contributed by atoms with Gasteiger partial charge in [0.1, 0.15) is 0 Å². The van der Waals surface area contributed by atoms with Gasteiger partial charge in [0.25, 0.3) is 0 Å². The number of amides is 3. The number of unbranched alkanes of at least 4 members (excludes halogenated alkanes) is 2. The Kier molecular flexibility index (Phi) is 8.24. The second-order valence-corrected chi connectivity index (χ2v) is 6.97. The minimum Gasteiger partial charge on any atom is -0.463 e. The van der Waals surface area contributed by atoms with E-state index >= 15 is 0 Å². The van der Waals surface area contributed by atoms with E-state index in [-0.39, 0.29) is 18.5 Å². The molecule has 2 rings (SSSR count). The molecule has 0 saturated carbocycles. The van der Waals surface area contributed by atoms with Crippen LogP contribution >= 0.6 is 0 Å². The molecule has 29 heavy (non-hydrogen) atoms. The minimum absolute atomic E-state index is 0.0151. The lowest BCUT2D eigenvalue weighted by Crippen LogP contribution is -2.47. The summed E-state index contributed by atoms with van der Waals surface area (Å²) in [6, 6.07) is 6.32. The molecule has 1 heterocycles. The van der Waals surface area contributed by atoms with Crippen LogP contribution in [-0.2, 0) is 14.3 Å². The van der Waals surface area contributed by atoms with Gasteiger partial charge in [0, 0.05) is 24.4 Å². The lowest BCUT2D eigenvalue weighted by Gasteiger charge is -2.34. The second kappa shape index (κ2) is 10.6. The highest BCUT2D eigenvalue weighted by Crippen LogP contribution is 2.31. The number of anilines is 1. The summed E-state index contributed by atoms with van der Waals surface area (Å²) in [5, 5.41) is 5.77. The summed E-state index contributed by atoms with van der Waals surface area (Å²) in [7, 11) is 0. The molecule has 1 atom stereocenters. The summed E-state index contributed by atoms with van der Waals surface area (Å²) in [6.45, 7) is 8.17. The monoisotopic (exact) mass is 401 g/mol. The predicted octanol–water partition coefficient (Wildman–Crippen LogP) is 4.13. The molecule has 158 valence electrons. The molecule has 0 aromatic heterocycles. The van der Waals surface area contributed by atoms with Crippen LogP contribution in [0.5, 0.6) is 0 Å². The highest BCUT2D eigenvalue weighted by molar-refractivity contribution is 5.95. The Morgan fingerprint density at radius 2 is 1.83 bits per heavy atom. The van der Waals surface area contributed by atoms with E-state index in [4.69, 9.17) is 4.74 Å². The first-order valence-corrected chi connectivity index (χ1v) is 10.3. The summed E-state index contributed by atoms with van der Waals surface area (Å²) in [5.41, 5.74) is 2.45. The molecule has 0 aliphatic carbocycles. The summed E-state index contributed by atoms with van der Waals surface area (Å²) in [6.07, 6.45) is 3.47. The second-order valence-electron chi connectivity index (χ2n) is 6.97. The van der Waals surface area contributed by atoms with Crippen molar-refractivity contribution in [2.75, 3.05) is 18.5 Å². The Morgan fingerprint density at radius 3 is 2.41 bits per heavy atom. The number of ether oxygens (including phenoxy) is 1. The Labute approximate surface area is 172 Å². The van der Waals surface area contributed by atoms with E-state index in [1.807, 2.05) is 6.92 Å². The molecular weight excluding hydrogens is 370 g/mol. The number of rotatable bonds is 9. The molecule has 0 bridgehead atoms. The molecular formula is C22H31N3O4. The Bertz CT molecular complexity index is 771. The van der Waals surface area contributed by atoms with E-state index < -0.39 is 12.0 Å². The third kappa shape index (κ3) is 5.59. The molecule has 7 nitrogen and oxygen atoms in total. The lowest BCUT2D eigenvalue weighted by atomic mass is 9.94. The zero-order chi connectivity index (χ0) is 21.4.